The smallest absolute Gasteiger partial charge is 0.331 e. The van der Waals surface area contributed by atoms with E-state index in [1.54, 1.807) is 0 Å². The number of benzene rings is 1. The molecule has 0 radical (unpaired) electrons. The number of aromatic amines is 1. The van der Waals surface area contributed by atoms with Crippen LogP contribution < -0.4 is 0 Å². The lowest BCUT2D eigenvalue weighted by Crippen LogP contribution is -2.17. The van der Waals surface area contributed by atoms with Gasteiger partial charge in [-0.15, -0.1) is 0 Å². The van der Waals surface area contributed by atoms with Crippen molar-refractivity contribution in [3.8, 4) is 0 Å². The molecule has 0 spiro atoms. The molecular formula is C10H6F6N2S. The topological polar surface area (TPSA) is 20.7 Å². The summed E-state index contributed by atoms with van der Waals surface area (Å²) in [6.07, 6.45) is -9.06. The average Bonchev–Trinajstić information content (AvgIpc) is 2.51. The molecule has 0 atom stereocenters. The van der Waals surface area contributed by atoms with E-state index in [0.29, 0.717) is 4.57 Å². The van der Waals surface area contributed by atoms with Crippen molar-refractivity contribution in [3.05, 3.63) is 28.5 Å². The molecule has 104 valence electrons. The molecule has 2 nitrogen and oxygen atoms in total. The second-order valence-corrected chi connectivity index (χ2v) is 4.25. The van der Waals surface area contributed by atoms with Crippen molar-refractivity contribution in [2.24, 2.45) is 0 Å². The number of alkyl halides is 6. The zero-order chi connectivity index (χ0) is 14.4. The van der Waals surface area contributed by atoms with Gasteiger partial charge in [0.15, 0.2) is 4.77 Å². The summed E-state index contributed by atoms with van der Waals surface area (Å²) in [6, 6.07) is 2.42. The Morgan fingerprint density at radius 3 is 2.26 bits per heavy atom. The van der Waals surface area contributed by atoms with Crippen molar-refractivity contribution < 1.29 is 26.3 Å². The minimum Gasteiger partial charge on any atom is -0.331 e. The highest BCUT2D eigenvalue weighted by Gasteiger charge is 2.32. The van der Waals surface area contributed by atoms with Crippen LogP contribution in [-0.4, -0.2) is 15.7 Å². The summed E-state index contributed by atoms with van der Waals surface area (Å²) in [5, 5.41) is 0. The number of imidazole rings is 1. The quantitative estimate of drug-likeness (QED) is 0.616. The summed E-state index contributed by atoms with van der Waals surface area (Å²) in [5.41, 5.74) is -1.05. The van der Waals surface area contributed by atoms with Gasteiger partial charge < -0.3 is 9.55 Å². The molecule has 1 heterocycles. The van der Waals surface area contributed by atoms with Gasteiger partial charge >= 0.3 is 12.4 Å². The third-order valence-corrected chi connectivity index (χ3v) is 2.76. The fourth-order valence-corrected chi connectivity index (χ4v) is 1.95. The molecule has 0 fully saturated rings. The first kappa shape index (κ1) is 13.9. The van der Waals surface area contributed by atoms with Crippen molar-refractivity contribution in [1.29, 1.82) is 0 Å². The Bertz CT molecular complexity index is 663. The fraction of sp³-hybridized carbons (Fsp3) is 0.300. The van der Waals surface area contributed by atoms with E-state index in [4.69, 9.17) is 0 Å². The van der Waals surface area contributed by atoms with Gasteiger partial charge in [0.2, 0.25) is 0 Å². The second-order valence-electron chi connectivity index (χ2n) is 3.86. The van der Waals surface area contributed by atoms with Gasteiger partial charge in [-0.2, -0.15) is 26.3 Å². The number of fused-ring (bicyclic) bond motifs is 1. The predicted octanol–water partition coefficient (Wildman–Crippen LogP) is 4.28. The maximum atomic E-state index is 12.5. The number of nitrogens with one attached hydrogen (secondary N) is 1. The van der Waals surface area contributed by atoms with E-state index in [1.165, 1.54) is 0 Å². The van der Waals surface area contributed by atoms with Gasteiger partial charge in [0.25, 0.3) is 0 Å². The van der Waals surface area contributed by atoms with E-state index in [2.05, 4.69) is 17.2 Å². The first-order valence-electron chi connectivity index (χ1n) is 4.94. The lowest BCUT2D eigenvalue weighted by molar-refractivity contribution is -0.140. The summed E-state index contributed by atoms with van der Waals surface area (Å²) < 4.78 is 74.8. The monoisotopic (exact) mass is 300 g/mol. The summed E-state index contributed by atoms with van der Waals surface area (Å²) in [7, 11) is 0. The molecule has 2 aromatic rings. The lowest BCUT2D eigenvalue weighted by atomic mass is 10.2. The molecule has 1 aromatic heterocycles. The van der Waals surface area contributed by atoms with E-state index in [-0.39, 0.29) is 15.8 Å². The number of hydrogen-bond donors (Lipinski definition) is 1. The third kappa shape index (κ3) is 2.91. The van der Waals surface area contributed by atoms with Crippen LogP contribution in [-0.2, 0) is 12.7 Å². The first-order chi connectivity index (χ1) is 8.58. The molecular weight excluding hydrogens is 294 g/mol. The van der Waals surface area contributed by atoms with Crippen molar-refractivity contribution in [2.45, 2.75) is 18.9 Å². The maximum Gasteiger partial charge on any atom is 0.416 e. The van der Waals surface area contributed by atoms with E-state index in [0.717, 1.165) is 18.2 Å². The van der Waals surface area contributed by atoms with Crippen LogP contribution in [0.25, 0.3) is 11.0 Å². The molecule has 0 unspecified atom stereocenters. The first-order valence-corrected chi connectivity index (χ1v) is 5.35. The Morgan fingerprint density at radius 1 is 1.11 bits per heavy atom. The van der Waals surface area contributed by atoms with Gasteiger partial charge in [0.1, 0.15) is 6.54 Å². The predicted molar refractivity (Wildman–Crippen MR) is 58.2 cm³/mol. The van der Waals surface area contributed by atoms with Gasteiger partial charge in [0, 0.05) is 0 Å². The Kier molecular flexibility index (Phi) is 3.12. The standard InChI is InChI=1S/C10H6F6N2S/c11-9(12,13)4-18-7-2-1-5(10(14,15)16)3-6(7)17-8(18)19/h1-3H,4H2,(H,17,19). The van der Waals surface area contributed by atoms with Crippen molar-refractivity contribution in [2.75, 3.05) is 0 Å². The molecule has 0 aliphatic heterocycles. The summed E-state index contributed by atoms with van der Waals surface area (Å²) >= 11 is 4.68. The van der Waals surface area contributed by atoms with Crippen LogP contribution in [0.15, 0.2) is 18.2 Å². The highest BCUT2D eigenvalue weighted by Crippen LogP contribution is 2.31. The Morgan fingerprint density at radius 2 is 1.74 bits per heavy atom. The molecule has 0 bridgehead atoms. The molecule has 0 aliphatic rings. The molecule has 0 aliphatic carbocycles. The summed E-state index contributed by atoms with van der Waals surface area (Å²) in [5.74, 6) is 0. The molecule has 1 aromatic carbocycles. The number of halogens is 6. The summed E-state index contributed by atoms with van der Waals surface area (Å²) in [6.45, 7) is -1.35. The molecule has 0 saturated carbocycles. The molecule has 0 saturated heterocycles. The Labute approximate surface area is 107 Å². The van der Waals surface area contributed by atoms with E-state index in [1.807, 2.05) is 0 Å². The van der Waals surface area contributed by atoms with Crippen LogP contribution in [0.2, 0.25) is 0 Å². The normalized spacial score (nSPS) is 13.2. The minimum absolute atomic E-state index is 0.0182. The molecule has 1 N–H and O–H groups in total. The molecule has 19 heavy (non-hydrogen) atoms. The number of H-pyrrole nitrogens is 1. The van der Waals surface area contributed by atoms with Crippen molar-refractivity contribution in [3.63, 3.8) is 0 Å². The van der Waals surface area contributed by atoms with Crippen LogP contribution in [0, 0.1) is 4.77 Å². The van der Waals surface area contributed by atoms with Gasteiger partial charge in [-0.1, -0.05) is 0 Å². The van der Waals surface area contributed by atoms with Crippen molar-refractivity contribution in [1.82, 2.24) is 9.55 Å². The molecule has 9 heteroatoms. The average molecular weight is 300 g/mol. The zero-order valence-electron chi connectivity index (χ0n) is 9.06. The number of hydrogen-bond acceptors (Lipinski definition) is 1. The number of rotatable bonds is 1. The van der Waals surface area contributed by atoms with Crippen LogP contribution in [0.1, 0.15) is 5.56 Å². The third-order valence-electron chi connectivity index (χ3n) is 2.44. The van der Waals surface area contributed by atoms with E-state index < -0.39 is 24.5 Å². The van der Waals surface area contributed by atoms with Gasteiger partial charge in [-0.05, 0) is 30.4 Å². The van der Waals surface area contributed by atoms with Crippen LogP contribution >= 0.6 is 12.2 Å². The zero-order valence-corrected chi connectivity index (χ0v) is 9.88. The number of nitrogens with zero attached hydrogens (tertiary/aromatic N) is 1. The molecule has 2 rings (SSSR count). The van der Waals surface area contributed by atoms with Gasteiger partial charge in [0.05, 0.1) is 16.6 Å². The highest BCUT2D eigenvalue weighted by molar-refractivity contribution is 7.71. The lowest BCUT2D eigenvalue weighted by Gasteiger charge is -2.09. The highest BCUT2D eigenvalue weighted by atomic mass is 32.1. The van der Waals surface area contributed by atoms with E-state index in [9.17, 15) is 26.3 Å². The largest absolute Gasteiger partial charge is 0.416 e. The van der Waals surface area contributed by atoms with E-state index >= 15 is 0 Å². The van der Waals surface area contributed by atoms with Gasteiger partial charge in [-0.3, -0.25) is 0 Å². The Hall–Kier alpha value is -1.51. The minimum atomic E-state index is -4.56. The van der Waals surface area contributed by atoms with Crippen molar-refractivity contribution >= 4 is 23.3 Å². The summed E-state index contributed by atoms with van der Waals surface area (Å²) in [4.78, 5) is 2.34. The van der Waals surface area contributed by atoms with Crippen LogP contribution in [0.4, 0.5) is 26.3 Å². The fourth-order valence-electron chi connectivity index (χ4n) is 1.68. The molecule has 0 amide bonds. The van der Waals surface area contributed by atoms with Crippen LogP contribution in [0.5, 0.6) is 0 Å². The van der Waals surface area contributed by atoms with Gasteiger partial charge in [-0.25, -0.2) is 0 Å². The van der Waals surface area contributed by atoms with Crippen LogP contribution in [0.3, 0.4) is 0 Å². The maximum absolute atomic E-state index is 12.5. The SMILES string of the molecule is FC(F)(F)Cn1c(=S)[nH]c2cc(C(F)(F)F)ccc21. The number of aromatic nitrogens is 2. The Balaban J connectivity index is 2.58. The second kappa shape index (κ2) is 4.26.